The Morgan fingerprint density at radius 2 is 1.70 bits per heavy atom. The van der Waals surface area contributed by atoms with Gasteiger partial charge in [-0.2, -0.15) is 0 Å². The molecule has 1 amide bonds. The van der Waals surface area contributed by atoms with Crippen molar-refractivity contribution in [1.29, 1.82) is 0 Å². The topological polar surface area (TPSA) is 55.4 Å². The van der Waals surface area contributed by atoms with Crippen molar-refractivity contribution in [3.63, 3.8) is 0 Å². The molecule has 0 heterocycles. The second-order valence-corrected chi connectivity index (χ2v) is 4.05. The summed E-state index contributed by atoms with van der Waals surface area (Å²) in [6.45, 7) is 1.26. The molecule has 20 heavy (non-hydrogen) atoms. The molecule has 0 spiro atoms. The molecule has 0 aliphatic heterocycles. The van der Waals surface area contributed by atoms with Crippen molar-refractivity contribution in [3.8, 4) is 5.75 Å². The number of carbonyl (C=O) groups is 2. The summed E-state index contributed by atoms with van der Waals surface area (Å²) >= 11 is 0. The van der Waals surface area contributed by atoms with Gasteiger partial charge in [0, 0.05) is 12.6 Å². The normalized spacial score (nSPS) is 9.90. The van der Waals surface area contributed by atoms with Crippen LogP contribution in [-0.2, 0) is 4.79 Å². The number of halogens is 1. The second-order valence-electron chi connectivity index (χ2n) is 4.05. The molecule has 5 heteroatoms. The molecule has 0 aromatic heterocycles. The fourth-order valence-corrected chi connectivity index (χ4v) is 1.63. The van der Waals surface area contributed by atoms with Crippen molar-refractivity contribution in [3.05, 3.63) is 59.9 Å². The van der Waals surface area contributed by atoms with Crippen LogP contribution in [0.5, 0.6) is 5.75 Å². The quantitative estimate of drug-likeness (QED) is 0.691. The summed E-state index contributed by atoms with van der Waals surface area (Å²) in [6, 6.07) is 11.8. The third-order valence-corrected chi connectivity index (χ3v) is 2.49. The van der Waals surface area contributed by atoms with Crippen LogP contribution in [0.3, 0.4) is 0 Å². The zero-order chi connectivity index (χ0) is 14.5. The van der Waals surface area contributed by atoms with Gasteiger partial charge in [0.1, 0.15) is 11.6 Å². The molecule has 0 saturated carbocycles. The van der Waals surface area contributed by atoms with E-state index < -0.39 is 11.9 Å². The number of hydrogen-bond donors (Lipinski definition) is 1. The highest BCUT2D eigenvalue weighted by Crippen LogP contribution is 2.20. The van der Waals surface area contributed by atoms with Gasteiger partial charge in [0.05, 0.1) is 5.56 Å². The van der Waals surface area contributed by atoms with Crippen molar-refractivity contribution in [1.82, 2.24) is 0 Å². The Morgan fingerprint density at radius 3 is 2.35 bits per heavy atom. The van der Waals surface area contributed by atoms with Crippen LogP contribution in [0.25, 0.3) is 0 Å². The molecule has 1 N–H and O–H groups in total. The number of anilines is 1. The maximum absolute atomic E-state index is 12.8. The van der Waals surface area contributed by atoms with Crippen molar-refractivity contribution in [2.45, 2.75) is 6.92 Å². The zero-order valence-corrected chi connectivity index (χ0v) is 10.7. The average Bonchev–Trinajstić information content (AvgIpc) is 2.41. The molecule has 0 aliphatic rings. The minimum absolute atomic E-state index is 0.180. The number of esters is 1. The molecule has 0 fully saturated rings. The predicted octanol–water partition coefficient (Wildman–Crippen LogP) is 3.00. The van der Waals surface area contributed by atoms with Crippen LogP contribution in [0.1, 0.15) is 17.3 Å². The summed E-state index contributed by atoms with van der Waals surface area (Å²) in [5.41, 5.74) is 0.682. The van der Waals surface area contributed by atoms with E-state index in [9.17, 15) is 14.0 Å². The number of carbonyl (C=O) groups excluding carboxylic acids is 2. The molecule has 0 saturated heterocycles. The number of rotatable bonds is 3. The van der Waals surface area contributed by atoms with E-state index in [-0.39, 0.29) is 17.1 Å². The smallest absolute Gasteiger partial charge is 0.308 e. The number of nitrogens with one attached hydrogen (secondary N) is 1. The van der Waals surface area contributed by atoms with Crippen LogP contribution >= 0.6 is 0 Å². The fraction of sp³-hybridized carbons (Fsp3) is 0.0667. The molecular formula is C15H12FNO3. The third kappa shape index (κ3) is 3.41. The number of hydrogen-bond acceptors (Lipinski definition) is 3. The van der Waals surface area contributed by atoms with Gasteiger partial charge >= 0.3 is 5.97 Å². The van der Waals surface area contributed by atoms with Crippen LogP contribution in [0.2, 0.25) is 0 Å². The minimum Gasteiger partial charge on any atom is -0.426 e. The molecule has 102 valence electrons. The van der Waals surface area contributed by atoms with E-state index in [4.69, 9.17) is 4.74 Å². The molecule has 0 bridgehead atoms. The Morgan fingerprint density at radius 1 is 1.05 bits per heavy atom. The largest absolute Gasteiger partial charge is 0.426 e. The van der Waals surface area contributed by atoms with E-state index in [1.807, 2.05) is 0 Å². The Kier molecular flexibility index (Phi) is 4.10. The molecule has 0 atom stereocenters. The minimum atomic E-state index is -0.507. The average molecular weight is 273 g/mol. The monoisotopic (exact) mass is 273 g/mol. The summed E-state index contributed by atoms with van der Waals surface area (Å²) in [4.78, 5) is 23.1. The van der Waals surface area contributed by atoms with Gasteiger partial charge in [-0.05, 0) is 36.4 Å². The third-order valence-electron chi connectivity index (χ3n) is 2.49. The number of para-hydroxylation sites is 1. The van der Waals surface area contributed by atoms with Gasteiger partial charge in [0.15, 0.2) is 0 Å². The van der Waals surface area contributed by atoms with Gasteiger partial charge in [-0.1, -0.05) is 12.1 Å². The number of ether oxygens (including phenoxy) is 1. The van der Waals surface area contributed by atoms with Gasteiger partial charge in [-0.3, -0.25) is 9.59 Å². The lowest BCUT2D eigenvalue weighted by atomic mass is 10.2. The first-order valence-corrected chi connectivity index (χ1v) is 5.90. The number of amides is 1. The zero-order valence-electron chi connectivity index (χ0n) is 10.7. The molecule has 2 aromatic carbocycles. The Hall–Kier alpha value is -2.69. The Bertz CT molecular complexity index is 638. The summed E-state index contributed by atoms with van der Waals surface area (Å²) < 4.78 is 17.7. The van der Waals surface area contributed by atoms with Crippen LogP contribution in [-0.4, -0.2) is 11.9 Å². The van der Waals surface area contributed by atoms with E-state index in [0.717, 1.165) is 0 Å². The highest BCUT2D eigenvalue weighted by atomic mass is 19.1. The van der Waals surface area contributed by atoms with E-state index in [2.05, 4.69) is 5.32 Å². The lowest BCUT2D eigenvalue weighted by Crippen LogP contribution is -2.14. The van der Waals surface area contributed by atoms with Gasteiger partial charge in [0.25, 0.3) is 5.91 Å². The van der Waals surface area contributed by atoms with Gasteiger partial charge in [-0.15, -0.1) is 0 Å². The fourth-order valence-electron chi connectivity index (χ4n) is 1.63. The lowest BCUT2D eigenvalue weighted by Gasteiger charge is -2.09. The van der Waals surface area contributed by atoms with Crippen LogP contribution in [0, 0.1) is 5.82 Å². The molecule has 4 nitrogen and oxygen atoms in total. The van der Waals surface area contributed by atoms with Crippen LogP contribution in [0.4, 0.5) is 10.1 Å². The summed E-state index contributed by atoms with van der Waals surface area (Å²) in [5, 5.41) is 2.60. The van der Waals surface area contributed by atoms with Crippen molar-refractivity contribution >= 4 is 17.6 Å². The molecule has 0 radical (unpaired) electrons. The predicted molar refractivity (Wildman–Crippen MR) is 72.1 cm³/mol. The number of benzene rings is 2. The van der Waals surface area contributed by atoms with E-state index >= 15 is 0 Å². The first-order valence-electron chi connectivity index (χ1n) is 5.90. The molecular weight excluding hydrogens is 261 g/mol. The molecule has 2 aromatic rings. The van der Waals surface area contributed by atoms with E-state index in [1.54, 1.807) is 12.1 Å². The van der Waals surface area contributed by atoms with Crippen molar-refractivity contribution in [2.24, 2.45) is 0 Å². The summed E-state index contributed by atoms with van der Waals surface area (Å²) in [6.07, 6.45) is 0. The summed E-state index contributed by atoms with van der Waals surface area (Å²) in [5.74, 6) is -1.15. The first kappa shape index (κ1) is 13.7. The second kappa shape index (κ2) is 5.97. The highest BCUT2D eigenvalue weighted by molar-refractivity contribution is 6.06. The maximum Gasteiger partial charge on any atom is 0.308 e. The van der Waals surface area contributed by atoms with Gasteiger partial charge in [-0.25, -0.2) is 4.39 Å². The molecule has 0 unspecified atom stereocenters. The molecule has 2 rings (SSSR count). The van der Waals surface area contributed by atoms with Crippen molar-refractivity contribution in [2.75, 3.05) is 5.32 Å². The van der Waals surface area contributed by atoms with Crippen LogP contribution in [0.15, 0.2) is 48.5 Å². The van der Waals surface area contributed by atoms with Crippen LogP contribution < -0.4 is 10.1 Å². The van der Waals surface area contributed by atoms with E-state index in [0.29, 0.717) is 5.69 Å². The molecule has 0 aliphatic carbocycles. The van der Waals surface area contributed by atoms with E-state index in [1.165, 1.54) is 43.3 Å². The van der Waals surface area contributed by atoms with Gasteiger partial charge in [0.2, 0.25) is 0 Å². The van der Waals surface area contributed by atoms with Gasteiger partial charge < -0.3 is 10.1 Å². The SMILES string of the molecule is CC(=O)Oc1ccccc1C(=O)Nc1ccc(F)cc1. The maximum atomic E-state index is 12.8. The Labute approximate surface area is 115 Å². The highest BCUT2D eigenvalue weighted by Gasteiger charge is 2.13. The first-order chi connectivity index (χ1) is 9.56. The Balaban J connectivity index is 2.20. The standard InChI is InChI=1S/C15H12FNO3/c1-10(18)20-14-5-3-2-4-13(14)15(19)17-12-8-6-11(16)7-9-12/h2-9H,1H3,(H,17,19). The summed E-state index contributed by atoms with van der Waals surface area (Å²) in [7, 11) is 0. The lowest BCUT2D eigenvalue weighted by molar-refractivity contribution is -0.131. The van der Waals surface area contributed by atoms with Crippen molar-refractivity contribution < 1.29 is 18.7 Å².